The van der Waals surface area contributed by atoms with E-state index >= 15 is 0 Å². The number of carbonyl (C=O) groups excluding carboxylic acids is 1. The number of para-hydroxylation sites is 1. The second-order valence-corrected chi connectivity index (χ2v) is 4.65. The van der Waals surface area contributed by atoms with E-state index in [2.05, 4.69) is 11.2 Å². The number of nitrogens with two attached hydrogens (primary N) is 1. The van der Waals surface area contributed by atoms with Crippen molar-refractivity contribution in [1.82, 2.24) is 0 Å². The molecule has 0 aromatic heterocycles. The first kappa shape index (κ1) is 15.4. The molecule has 0 saturated heterocycles. The Kier molecular flexibility index (Phi) is 5.27. The van der Waals surface area contributed by atoms with Crippen molar-refractivity contribution in [2.24, 2.45) is 5.73 Å². The molecule has 1 rings (SSSR count). The molecule has 0 radical (unpaired) electrons. The summed E-state index contributed by atoms with van der Waals surface area (Å²) in [6.45, 7) is 0. The lowest BCUT2D eigenvalue weighted by atomic mass is 10.2. The van der Waals surface area contributed by atoms with Crippen LogP contribution in [0.2, 0.25) is 0 Å². The maximum absolute atomic E-state index is 12.3. The van der Waals surface area contributed by atoms with Crippen LogP contribution in [-0.4, -0.2) is 17.5 Å². The molecule has 0 heterocycles. The van der Waals surface area contributed by atoms with Gasteiger partial charge in [0.1, 0.15) is 0 Å². The zero-order valence-electron chi connectivity index (χ0n) is 9.70. The molecule has 1 atom stereocenters. The van der Waals surface area contributed by atoms with Crippen LogP contribution in [0.25, 0.3) is 0 Å². The van der Waals surface area contributed by atoms with E-state index in [1.807, 2.05) is 0 Å². The second kappa shape index (κ2) is 6.50. The largest absolute Gasteiger partial charge is 0.446 e. The van der Waals surface area contributed by atoms with Crippen molar-refractivity contribution < 1.29 is 18.0 Å². The Morgan fingerprint density at radius 1 is 1.47 bits per heavy atom. The molecule has 1 amide bonds. The molecule has 0 aliphatic carbocycles. The summed E-state index contributed by atoms with van der Waals surface area (Å²) in [6, 6.07) is 4.65. The third kappa shape index (κ3) is 5.24. The molecule has 19 heavy (non-hydrogen) atoms. The van der Waals surface area contributed by atoms with Crippen molar-refractivity contribution in [2.75, 3.05) is 5.32 Å². The van der Waals surface area contributed by atoms with Crippen molar-refractivity contribution in [3.05, 3.63) is 24.3 Å². The number of halogens is 3. The van der Waals surface area contributed by atoms with Crippen LogP contribution < -0.4 is 11.1 Å². The number of rotatable bonds is 4. The van der Waals surface area contributed by atoms with Gasteiger partial charge in [0.2, 0.25) is 5.91 Å². The lowest BCUT2D eigenvalue weighted by Gasteiger charge is -2.14. The summed E-state index contributed by atoms with van der Waals surface area (Å²) >= 11 is -0.301. The molecule has 102 valence electrons. The van der Waals surface area contributed by atoms with Crippen LogP contribution in [0.3, 0.4) is 0 Å². The van der Waals surface area contributed by atoms with Gasteiger partial charge in [-0.25, -0.2) is 0 Å². The quantitative estimate of drug-likeness (QED) is 0.661. The maximum atomic E-state index is 12.3. The minimum absolute atomic E-state index is 0.0143. The van der Waals surface area contributed by atoms with Gasteiger partial charge >= 0.3 is 5.51 Å². The van der Waals surface area contributed by atoms with E-state index in [9.17, 15) is 18.0 Å². The van der Waals surface area contributed by atoms with E-state index < -0.39 is 17.5 Å². The number of benzene rings is 1. The number of anilines is 1. The average Bonchev–Trinajstić information content (AvgIpc) is 2.30. The van der Waals surface area contributed by atoms with Crippen molar-refractivity contribution >= 4 is 23.4 Å². The van der Waals surface area contributed by atoms with Crippen molar-refractivity contribution in [3.8, 4) is 12.3 Å². The molecular weight excluding hydrogens is 277 g/mol. The van der Waals surface area contributed by atoms with Gasteiger partial charge in [0.25, 0.3) is 0 Å². The SMILES string of the molecule is C#CCC(N)C(=O)Nc1ccccc1SC(F)(F)F. The number of hydrogen-bond donors (Lipinski definition) is 2. The number of amides is 1. The standard InChI is InChI=1S/C12H11F3N2OS/c1-2-5-8(16)11(18)17-9-6-3-4-7-10(9)19-12(13,14)15/h1,3-4,6-8H,5,16H2,(H,17,18). The molecule has 7 heteroatoms. The lowest BCUT2D eigenvalue weighted by molar-refractivity contribution is -0.117. The van der Waals surface area contributed by atoms with E-state index in [1.54, 1.807) is 0 Å². The van der Waals surface area contributed by atoms with Gasteiger partial charge in [-0.3, -0.25) is 4.79 Å². The molecule has 3 nitrogen and oxygen atoms in total. The molecule has 1 aromatic rings. The van der Waals surface area contributed by atoms with Gasteiger partial charge in [-0.15, -0.1) is 12.3 Å². The van der Waals surface area contributed by atoms with Gasteiger partial charge in [0.15, 0.2) is 0 Å². The number of carbonyl (C=O) groups is 1. The van der Waals surface area contributed by atoms with Crippen LogP contribution in [0.4, 0.5) is 18.9 Å². The minimum atomic E-state index is -4.43. The Morgan fingerprint density at radius 3 is 2.68 bits per heavy atom. The van der Waals surface area contributed by atoms with E-state index in [0.717, 1.165) is 0 Å². The summed E-state index contributed by atoms with van der Waals surface area (Å²) in [5.74, 6) is 1.60. The lowest BCUT2D eigenvalue weighted by Crippen LogP contribution is -2.35. The van der Waals surface area contributed by atoms with Crippen LogP contribution in [0.1, 0.15) is 6.42 Å². The summed E-state index contributed by atoms with van der Waals surface area (Å²) in [5.41, 5.74) is 1.10. The fourth-order valence-corrected chi connectivity index (χ4v) is 1.85. The predicted octanol–water partition coefficient (Wildman–Crippen LogP) is 2.59. The first-order chi connectivity index (χ1) is 8.83. The number of hydrogen-bond acceptors (Lipinski definition) is 3. The smallest absolute Gasteiger partial charge is 0.324 e. The third-order valence-corrected chi connectivity index (χ3v) is 2.85. The van der Waals surface area contributed by atoms with E-state index in [1.165, 1.54) is 24.3 Å². The highest BCUT2D eigenvalue weighted by Gasteiger charge is 2.30. The highest BCUT2D eigenvalue weighted by molar-refractivity contribution is 8.00. The zero-order valence-corrected chi connectivity index (χ0v) is 10.5. The van der Waals surface area contributed by atoms with Crippen LogP contribution >= 0.6 is 11.8 Å². The minimum Gasteiger partial charge on any atom is -0.324 e. The average molecular weight is 288 g/mol. The summed E-state index contributed by atoms with van der Waals surface area (Å²) in [5, 5.41) is 2.34. The Labute approximate surface area is 112 Å². The van der Waals surface area contributed by atoms with Gasteiger partial charge in [0, 0.05) is 11.3 Å². The Balaban J connectivity index is 2.84. The monoisotopic (exact) mass is 288 g/mol. The van der Waals surface area contributed by atoms with E-state index in [0.29, 0.717) is 0 Å². The zero-order chi connectivity index (χ0) is 14.5. The van der Waals surface area contributed by atoms with Crippen LogP contribution in [-0.2, 0) is 4.79 Å². The number of terminal acetylenes is 1. The van der Waals surface area contributed by atoms with Gasteiger partial charge in [0.05, 0.1) is 11.7 Å². The summed E-state index contributed by atoms with van der Waals surface area (Å²) < 4.78 is 37.0. The van der Waals surface area contributed by atoms with Gasteiger partial charge in [-0.05, 0) is 23.9 Å². The summed E-state index contributed by atoms with van der Waals surface area (Å²) in [6.07, 6.45) is 5.03. The van der Waals surface area contributed by atoms with Crippen LogP contribution in [0, 0.1) is 12.3 Å². The number of thioether (sulfide) groups is 1. The number of nitrogens with one attached hydrogen (secondary N) is 1. The Bertz CT molecular complexity index is 496. The van der Waals surface area contributed by atoms with Crippen molar-refractivity contribution in [2.45, 2.75) is 22.9 Å². The first-order valence-corrected chi connectivity index (χ1v) is 6.00. The Morgan fingerprint density at radius 2 is 2.11 bits per heavy atom. The molecule has 1 unspecified atom stereocenters. The molecular formula is C12H11F3N2OS. The first-order valence-electron chi connectivity index (χ1n) is 5.18. The molecule has 3 N–H and O–H groups in total. The molecule has 0 spiro atoms. The van der Waals surface area contributed by atoms with Crippen molar-refractivity contribution in [3.63, 3.8) is 0 Å². The highest BCUT2D eigenvalue weighted by Crippen LogP contribution is 2.40. The molecule has 0 aliphatic heterocycles. The summed E-state index contributed by atoms with van der Waals surface area (Å²) in [4.78, 5) is 11.5. The van der Waals surface area contributed by atoms with Crippen LogP contribution in [0.5, 0.6) is 0 Å². The van der Waals surface area contributed by atoms with E-state index in [-0.39, 0.29) is 28.8 Å². The maximum Gasteiger partial charge on any atom is 0.446 e. The number of alkyl halides is 3. The van der Waals surface area contributed by atoms with Gasteiger partial charge in [-0.1, -0.05) is 12.1 Å². The highest BCUT2D eigenvalue weighted by atomic mass is 32.2. The van der Waals surface area contributed by atoms with Gasteiger partial charge in [-0.2, -0.15) is 13.2 Å². The topological polar surface area (TPSA) is 55.1 Å². The molecule has 0 saturated carbocycles. The molecule has 1 aromatic carbocycles. The molecule has 0 fully saturated rings. The fourth-order valence-electron chi connectivity index (χ4n) is 1.23. The van der Waals surface area contributed by atoms with E-state index in [4.69, 9.17) is 12.2 Å². The third-order valence-electron chi connectivity index (χ3n) is 2.05. The Hall–Kier alpha value is -1.65. The van der Waals surface area contributed by atoms with Crippen molar-refractivity contribution in [1.29, 1.82) is 0 Å². The van der Waals surface area contributed by atoms with Crippen LogP contribution in [0.15, 0.2) is 29.2 Å². The fraction of sp³-hybridized carbons (Fsp3) is 0.250. The summed E-state index contributed by atoms with van der Waals surface area (Å²) in [7, 11) is 0. The molecule has 0 bridgehead atoms. The molecule has 0 aliphatic rings. The van der Waals surface area contributed by atoms with Gasteiger partial charge < -0.3 is 11.1 Å². The predicted molar refractivity (Wildman–Crippen MR) is 68.4 cm³/mol. The normalized spacial score (nSPS) is 12.6. The second-order valence-electron chi connectivity index (χ2n) is 3.55.